The van der Waals surface area contributed by atoms with E-state index in [0.717, 1.165) is 27.3 Å². The molecule has 29 heavy (non-hydrogen) atoms. The molecule has 0 fully saturated rings. The molecule has 4 nitrogen and oxygen atoms in total. The minimum atomic E-state index is -0.820. The van der Waals surface area contributed by atoms with E-state index in [4.69, 9.17) is 4.99 Å². The smallest absolute Gasteiger partial charge is 0.305 e. The molecular weight excluding hydrogens is 380 g/mol. The van der Waals surface area contributed by atoms with Crippen LogP contribution in [0.3, 0.4) is 0 Å². The van der Waals surface area contributed by atoms with E-state index in [0.29, 0.717) is 6.54 Å². The highest BCUT2D eigenvalue weighted by atomic mass is 32.1. The minimum absolute atomic E-state index is 0.0494. The van der Waals surface area contributed by atoms with Gasteiger partial charge in [0.15, 0.2) is 4.80 Å². The molecule has 1 aromatic heterocycles. The van der Waals surface area contributed by atoms with E-state index in [1.54, 1.807) is 0 Å². The second-order valence-corrected chi connectivity index (χ2v) is 7.43. The van der Waals surface area contributed by atoms with Gasteiger partial charge in [0.05, 0.1) is 17.8 Å². The summed E-state index contributed by atoms with van der Waals surface area (Å²) in [5.41, 5.74) is 5.19. The summed E-state index contributed by atoms with van der Waals surface area (Å²) in [6.07, 6.45) is 0.0494. The number of carboxylic acids is 1. The van der Waals surface area contributed by atoms with Gasteiger partial charge >= 0.3 is 5.97 Å². The molecule has 0 bridgehead atoms. The predicted molar refractivity (Wildman–Crippen MR) is 117 cm³/mol. The summed E-state index contributed by atoms with van der Waals surface area (Å²) in [6, 6.07) is 28.3. The van der Waals surface area contributed by atoms with Gasteiger partial charge in [0.1, 0.15) is 0 Å². The zero-order chi connectivity index (χ0) is 20.1. The lowest BCUT2D eigenvalue weighted by molar-refractivity contribution is -0.137. The summed E-state index contributed by atoms with van der Waals surface area (Å²) >= 11 is 1.52. The first kappa shape index (κ1) is 18.9. The maximum absolute atomic E-state index is 11.2. The zero-order valence-corrected chi connectivity index (χ0v) is 16.5. The van der Waals surface area contributed by atoms with Crippen LogP contribution in [-0.2, 0) is 11.3 Å². The fourth-order valence-electron chi connectivity index (χ4n) is 3.15. The van der Waals surface area contributed by atoms with Crippen molar-refractivity contribution in [3.63, 3.8) is 0 Å². The summed E-state index contributed by atoms with van der Waals surface area (Å²) in [6.45, 7) is 0.375. The topological polar surface area (TPSA) is 54.6 Å². The maximum atomic E-state index is 11.2. The zero-order valence-electron chi connectivity index (χ0n) is 15.7. The number of carboxylic acid groups (broad SMARTS) is 1. The molecule has 0 radical (unpaired) electrons. The van der Waals surface area contributed by atoms with E-state index in [-0.39, 0.29) is 6.42 Å². The molecule has 1 N–H and O–H groups in total. The first-order chi connectivity index (χ1) is 14.2. The summed E-state index contributed by atoms with van der Waals surface area (Å²) in [5.74, 6) is -0.820. The molecule has 0 aliphatic carbocycles. The van der Waals surface area contributed by atoms with Crippen LogP contribution in [0, 0.1) is 0 Å². The van der Waals surface area contributed by atoms with Gasteiger partial charge in [-0.25, -0.2) is 4.99 Å². The highest BCUT2D eigenvalue weighted by Crippen LogP contribution is 2.25. The second-order valence-electron chi connectivity index (χ2n) is 6.59. The van der Waals surface area contributed by atoms with Crippen molar-refractivity contribution in [1.29, 1.82) is 0 Å². The Morgan fingerprint density at radius 1 is 0.828 bits per heavy atom. The van der Waals surface area contributed by atoms with Gasteiger partial charge in [0.25, 0.3) is 0 Å². The lowest BCUT2D eigenvalue weighted by Gasteiger charge is -2.09. The monoisotopic (exact) mass is 400 g/mol. The number of hydrogen-bond acceptors (Lipinski definition) is 3. The number of para-hydroxylation sites is 1. The number of nitrogens with zero attached hydrogens (tertiary/aromatic N) is 2. The second kappa shape index (κ2) is 8.71. The fourth-order valence-corrected chi connectivity index (χ4v) is 4.11. The van der Waals surface area contributed by atoms with Crippen LogP contribution in [0.1, 0.15) is 6.42 Å². The number of rotatable bonds is 6. The van der Waals surface area contributed by atoms with Crippen LogP contribution in [0.5, 0.6) is 0 Å². The quantitative estimate of drug-likeness (QED) is 0.459. The first-order valence-electron chi connectivity index (χ1n) is 9.36. The van der Waals surface area contributed by atoms with Gasteiger partial charge in [-0.15, -0.1) is 11.3 Å². The van der Waals surface area contributed by atoms with Crippen molar-refractivity contribution < 1.29 is 9.90 Å². The first-order valence-corrected chi connectivity index (χ1v) is 10.2. The van der Waals surface area contributed by atoms with Crippen LogP contribution in [0.2, 0.25) is 0 Å². The fraction of sp³-hybridized carbons (Fsp3) is 0.0833. The maximum Gasteiger partial charge on any atom is 0.305 e. The Balaban J connectivity index is 1.73. The van der Waals surface area contributed by atoms with Gasteiger partial charge in [-0.2, -0.15) is 0 Å². The number of carbonyl (C=O) groups is 1. The molecule has 0 atom stereocenters. The van der Waals surface area contributed by atoms with Crippen molar-refractivity contribution >= 4 is 23.0 Å². The van der Waals surface area contributed by atoms with Crippen LogP contribution in [0.4, 0.5) is 5.69 Å². The molecule has 0 aliphatic rings. The van der Waals surface area contributed by atoms with Gasteiger partial charge in [-0.05, 0) is 28.8 Å². The molecule has 3 aromatic carbocycles. The number of aromatic nitrogens is 1. The summed E-state index contributed by atoms with van der Waals surface area (Å²) in [7, 11) is 0. The Labute approximate surface area is 173 Å². The number of benzene rings is 3. The van der Waals surface area contributed by atoms with Gasteiger partial charge in [-0.3, -0.25) is 4.79 Å². The highest BCUT2D eigenvalue weighted by molar-refractivity contribution is 7.07. The molecule has 0 saturated heterocycles. The normalized spacial score (nSPS) is 11.5. The van der Waals surface area contributed by atoms with Crippen LogP contribution in [0.15, 0.2) is 95.3 Å². The van der Waals surface area contributed by atoms with E-state index in [1.807, 2.05) is 58.5 Å². The van der Waals surface area contributed by atoms with Gasteiger partial charge in [0.2, 0.25) is 0 Å². The standard InChI is InChI=1S/C24H20N2O2S/c27-23(28)15-16-26-22(17-29-24(26)25-21-9-5-2-6-10-21)20-13-11-19(12-14-20)18-7-3-1-4-8-18/h1-14,17H,15-16H2,(H,27,28). The summed E-state index contributed by atoms with van der Waals surface area (Å²) in [5, 5.41) is 11.2. The van der Waals surface area contributed by atoms with E-state index in [1.165, 1.54) is 16.9 Å². The Morgan fingerprint density at radius 2 is 1.41 bits per heavy atom. The Bertz CT molecular complexity index is 1160. The van der Waals surface area contributed by atoms with Gasteiger partial charge in [-0.1, -0.05) is 72.8 Å². The Kier molecular flexibility index (Phi) is 5.68. The third kappa shape index (κ3) is 4.52. The average Bonchev–Trinajstić information content (AvgIpc) is 3.16. The molecule has 0 saturated carbocycles. The van der Waals surface area contributed by atoms with Crippen molar-refractivity contribution in [2.24, 2.45) is 4.99 Å². The third-order valence-electron chi connectivity index (χ3n) is 4.62. The molecule has 0 unspecified atom stereocenters. The molecule has 144 valence electrons. The molecule has 1 heterocycles. The van der Waals surface area contributed by atoms with Crippen molar-refractivity contribution in [2.45, 2.75) is 13.0 Å². The number of thiazole rings is 1. The Hall–Kier alpha value is -3.44. The molecule has 4 aromatic rings. The van der Waals surface area contributed by atoms with E-state index in [2.05, 4.69) is 36.4 Å². The van der Waals surface area contributed by atoms with Crippen LogP contribution in [-0.4, -0.2) is 15.6 Å². The number of hydrogen-bond donors (Lipinski definition) is 1. The SMILES string of the molecule is O=C(O)CCn1c(-c2ccc(-c3ccccc3)cc2)csc1=Nc1ccccc1. The molecule has 0 aliphatic heterocycles. The highest BCUT2D eigenvalue weighted by Gasteiger charge is 2.10. The van der Waals surface area contributed by atoms with Crippen molar-refractivity contribution in [2.75, 3.05) is 0 Å². The Morgan fingerprint density at radius 3 is 2.07 bits per heavy atom. The van der Waals surface area contributed by atoms with Crippen molar-refractivity contribution in [1.82, 2.24) is 4.57 Å². The third-order valence-corrected chi connectivity index (χ3v) is 5.48. The van der Waals surface area contributed by atoms with E-state index < -0.39 is 5.97 Å². The molecule has 4 rings (SSSR count). The number of aliphatic carboxylic acids is 1. The molecule has 0 amide bonds. The molecule has 5 heteroatoms. The van der Waals surface area contributed by atoms with Gasteiger partial charge in [0, 0.05) is 11.9 Å². The summed E-state index contributed by atoms with van der Waals surface area (Å²) in [4.78, 5) is 16.7. The lowest BCUT2D eigenvalue weighted by Crippen LogP contribution is -2.17. The van der Waals surface area contributed by atoms with Crippen LogP contribution < -0.4 is 4.80 Å². The van der Waals surface area contributed by atoms with Crippen LogP contribution >= 0.6 is 11.3 Å². The summed E-state index contributed by atoms with van der Waals surface area (Å²) < 4.78 is 1.99. The van der Waals surface area contributed by atoms with E-state index >= 15 is 0 Å². The molecule has 0 spiro atoms. The molecular formula is C24H20N2O2S. The van der Waals surface area contributed by atoms with Crippen molar-refractivity contribution in [3.8, 4) is 22.4 Å². The van der Waals surface area contributed by atoms with Crippen LogP contribution in [0.25, 0.3) is 22.4 Å². The minimum Gasteiger partial charge on any atom is -0.481 e. The predicted octanol–water partition coefficient (Wildman–Crippen LogP) is 5.59. The van der Waals surface area contributed by atoms with Gasteiger partial charge < -0.3 is 9.67 Å². The van der Waals surface area contributed by atoms with Crippen molar-refractivity contribution in [3.05, 3.63) is 95.1 Å². The lowest BCUT2D eigenvalue weighted by atomic mass is 10.0. The van der Waals surface area contributed by atoms with E-state index in [9.17, 15) is 9.90 Å². The average molecular weight is 401 g/mol. The largest absolute Gasteiger partial charge is 0.481 e.